The number of nitrogens with one attached hydrogen (secondary N) is 1. The van der Waals surface area contributed by atoms with Gasteiger partial charge in [0.25, 0.3) is 5.91 Å². The standard InChI is InChI=1S/C27H29NO4/c1-18(32-24-15-13-23(31-5)14-16-24)26(30)28-22-8-6-7-20(17-22)25(29)19-9-11-21(12-10-19)27(2,3)4/h6-18H,1-5H3,(H,28,30)/t18-/m0/s1. The fourth-order valence-electron chi connectivity index (χ4n) is 3.18. The Morgan fingerprint density at radius 1 is 0.844 bits per heavy atom. The van der Waals surface area contributed by atoms with E-state index in [4.69, 9.17) is 9.47 Å². The molecule has 0 saturated carbocycles. The molecule has 32 heavy (non-hydrogen) atoms. The lowest BCUT2D eigenvalue weighted by atomic mass is 9.86. The average molecular weight is 432 g/mol. The minimum Gasteiger partial charge on any atom is -0.497 e. The number of amides is 1. The van der Waals surface area contributed by atoms with Gasteiger partial charge in [-0.25, -0.2) is 0 Å². The molecule has 0 aromatic heterocycles. The van der Waals surface area contributed by atoms with E-state index in [1.165, 1.54) is 5.56 Å². The third kappa shape index (κ3) is 5.76. The van der Waals surface area contributed by atoms with Crippen molar-refractivity contribution in [3.05, 3.63) is 89.5 Å². The van der Waals surface area contributed by atoms with Crippen molar-refractivity contribution < 1.29 is 19.1 Å². The Morgan fingerprint density at radius 3 is 2.06 bits per heavy atom. The van der Waals surface area contributed by atoms with E-state index in [2.05, 4.69) is 26.1 Å². The second-order valence-corrected chi connectivity index (χ2v) is 8.66. The van der Waals surface area contributed by atoms with Crippen LogP contribution in [0.25, 0.3) is 0 Å². The largest absolute Gasteiger partial charge is 0.497 e. The van der Waals surface area contributed by atoms with E-state index in [9.17, 15) is 9.59 Å². The van der Waals surface area contributed by atoms with Crippen molar-refractivity contribution >= 4 is 17.4 Å². The quantitative estimate of drug-likeness (QED) is 0.493. The molecule has 5 heteroatoms. The Kier molecular flexibility index (Phi) is 6.98. The first-order valence-corrected chi connectivity index (χ1v) is 10.5. The van der Waals surface area contributed by atoms with E-state index >= 15 is 0 Å². The summed E-state index contributed by atoms with van der Waals surface area (Å²) in [7, 11) is 1.59. The van der Waals surface area contributed by atoms with Gasteiger partial charge >= 0.3 is 0 Å². The lowest BCUT2D eigenvalue weighted by Crippen LogP contribution is -2.30. The van der Waals surface area contributed by atoms with Gasteiger partial charge in [0.1, 0.15) is 11.5 Å². The van der Waals surface area contributed by atoms with Gasteiger partial charge in [-0.05, 0) is 54.3 Å². The molecule has 0 heterocycles. The summed E-state index contributed by atoms with van der Waals surface area (Å²) >= 11 is 0. The normalized spacial score (nSPS) is 12.0. The molecule has 5 nitrogen and oxygen atoms in total. The monoisotopic (exact) mass is 431 g/mol. The molecule has 1 N–H and O–H groups in total. The Bertz CT molecular complexity index is 1080. The van der Waals surface area contributed by atoms with E-state index < -0.39 is 6.10 Å². The van der Waals surface area contributed by atoms with Gasteiger partial charge in [-0.15, -0.1) is 0 Å². The van der Waals surface area contributed by atoms with Crippen LogP contribution in [0.4, 0.5) is 5.69 Å². The van der Waals surface area contributed by atoms with Gasteiger partial charge in [0.05, 0.1) is 7.11 Å². The van der Waals surface area contributed by atoms with Crippen molar-refractivity contribution in [2.75, 3.05) is 12.4 Å². The van der Waals surface area contributed by atoms with Gasteiger partial charge in [0.15, 0.2) is 11.9 Å². The fourth-order valence-corrected chi connectivity index (χ4v) is 3.18. The molecule has 0 bridgehead atoms. The predicted molar refractivity (Wildman–Crippen MR) is 127 cm³/mol. The first kappa shape index (κ1) is 23.1. The van der Waals surface area contributed by atoms with Crippen molar-refractivity contribution in [3.8, 4) is 11.5 Å². The maximum absolute atomic E-state index is 12.9. The van der Waals surface area contributed by atoms with Crippen LogP contribution >= 0.6 is 0 Å². The highest BCUT2D eigenvalue weighted by Gasteiger charge is 2.17. The Hall–Kier alpha value is -3.60. The van der Waals surface area contributed by atoms with Gasteiger partial charge in [-0.1, -0.05) is 57.2 Å². The molecule has 166 valence electrons. The third-order valence-corrected chi connectivity index (χ3v) is 5.15. The summed E-state index contributed by atoms with van der Waals surface area (Å²) in [6, 6.07) is 21.6. The lowest BCUT2D eigenvalue weighted by molar-refractivity contribution is -0.122. The summed E-state index contributed by atoms with van der Waals surface area (Å²) in [6.07, 6.45) is -0.715. The highest BCUT2D eigenvalue weighted by molar-refractivity contribution is 6.09. The Balaban J connectivity index is 1.67. The van der Waals surface area contributed by atoms with Crippen molar-refractivity contribution in [2.45, 2.75) is 39.2 Å². The van der Waals surface area contributed by atoms with Crippen LogP contribution in [0.3, 0.4) is 0 Å². The molecule has 3 aromatic carbocycles. The summed E-state index contributed by atoms with van der Waals surface area (Å²) < 4.78 is 10.8. The van der Waals surface area contributed by atoms with Crippen LogP contribution in [0, 0.1) is 0 Å². The number of ether oxygens (including phenoxy) is 2. The Labute approximate surface area is 189 Å². The first-order chi connectivity index (χ1) is 15.2. The van der Waals surface area contributed by atoms with E-state index in [0.717, 1.165) is 0 Å². The van der Waals surface area contributed by atoms with Crippen molar-refractivity contribution in [2.24, 2.45) is 0 Å². The maximum Gasteiger partial charge on any atom is 0.265 e. The minimum absolute atomic E-state index is 0.0242. The van der Waals surface area contributed by atoms with Gasteiger partial charge in [0.2, 0.25) is 0 Å². The van der Waals surface area contributed by atoms with E-state index in [0.29, 0.717) is 28.3 Å². The molecule has 1 atom stereocenters. The number of hydrogen-bond acceptors (Lipinski definition) is 4. The van der Waals surface area contributed by atoms with Gasteiger partial charge in [0, 0.05) is 16.8 Å². The highest BCUT2D eigenvalue weighted by Crippen LogP contribution is 2.24. The molecule has 0 aliphatic heterocycles. The van der Waals surface area contributed by atoms with Crippen LogP contribution in [-0.4, -0.2) is 24.9 Å². The molecular weight excluding hydrogens is 402 g/mol. The molecule has 0 saturated heterocycles. The molecular formula is C27H29NO4. The van der Waals surface area contributed by atoms with Crippen molar-refractivity contribution in [1.82, 2.24) is 0 Å². The van der Waals surface area contributed by atoms with Crippen LogP contribution in [0.15, 0.2) is 72.8 Å². The predicted octanol–water partition coefficient (Wildman–Crippen LogP) is 5.63. The fraction of sp³-hybridized carbons (Fsp3) is 0.259. The molecule has 0 unspecified atom stereocenters. The van der Waals surface area contributed by atoms with E-state index in [1.807, 2.05) is 24.3 Å². The second kappa shape index (κ2) is 9.69. The average Bonchev–Trinajstić information content (AvgIpc) is 2.78. The van der Waals surface area contributed by atoms with Crippen LogP contribution in [-0.2, 0) is 10.2 Å². The minimum atomic E-state index is -0.715. The molecule has 0 spiro atoms. The molecule has 3 aromatic rings. The Morgan fingerprint density at radius 2 is 1.47 bits per heavy atom. The molecule has 0 fully saturated rings. The van der Waals surface area contributed by atoms with Crippen molar-refractivity contribution in [1.29, 1.82) is 0 Å². The number of carbonyl (C=O) groups is 2. The number of carbonyl (C=O) groups excluding carboxylic acids is 2. The number of benzene rings is 3. The number of anilines is 1. The zero-order chi connectivity index (χ0) is 23.3. The van der Waals surface area contributed by atoms with E-state index in [-0.39, 0.29) is 17.1 Å². The highest BCUT2D eigenvalue weighted by atomic mass is 16.5. The zero-order valence-electron chi connectivity index (χ0n) is 19.1. The van der Waals surface area contributed by atoms with Gasteiger partial charge < -0.3 is 14.8 Å². The van der Waals surface area contributed by atoms with Crippen LogP contribution < -0.4 is 14.8 Å². The lowest BCUT2D eigenvalue weighted by Gasteiger charge is -2.19. The summed E-state index contributed by atoms with van der Waals surface area (Å²) in [6.45, 7) is 8.07. The van der Waals surface area contributed by atoms with Gasteiger partial charge in [-0.3, -0.25) is 9.59 Å². The van der Waals surface area contributed by atoms with Gasteiger partial charge in [-0.2, -0.15) is 0 Å². The van der Waals surface area contributed by atoms with Crippen LogP contribution in [0.1, 0.15) is 49.2 Å². The van der Waals surface area contributed by atoms with E-state index in [1.54, 1.807) is 62.6 Å². The number of hydrogen-bond donors (Lipinski definition) is 1. The first-order valence-electron chi connectivity index (χ1n) is 10.5. The molecule has 3 rings (SSSR count). The topological polar surface area (TPSA) is 64.6 Å². The summed E-state index contributed by atoms with van der Waals surface area (Å²) in [5.74, 6) is 0.879. The maximum atomic E-state index is 12.9. The summed E-state index contributed by atoms with van der Waals surface area (Å²) in [5.41, 5.74) is 2.85. The SMILES string of the molecule is COc1ccc(O[C@@H](C)C(=O)Nc2cccc(C(=O)c3ccc(C(C)(C)C)cc3)c2)cc1. The smallest absolute Gasteiger partial charge is 0.265 e. The third-order valence-electron chi connectivity index (χ3n) is 5.15. The molecule has 0 radical (unpaired) electrons. The van der Waals surface area contributed by atoms with Crippen LogP contribution in [0.2, 0.25) is 0 Å². The number of ketones is 1. The summed E-state index contributed by atoms with van der Waals surface area (Å²) in [4.78, 5) is 25.5. The van der Waals surface area contributed by atoms with Crippen molar-refractivity contribution in [3.63, 3.8) is 0 Å². The number of rotatable bonds is 7. The second-order valence-electron chi connectivity index (χ2n) is 8.66. The number of methoxy groups -OCH3 is 1. The molecule has 1 amide bonds. The summed E-state index contributed by atoms with van der Waals surface area (Å²) in [5, 5.41) is 2.82. The van der Waals surface area contributed by atoms with Crippen LogP contribution in [0.5, 0.6) is 11.5 Å². The molecule has 0 aliphatic carbocycles. The zero-order valence-corrected chi connectivity index (χ0v) is 19.1. The molecule has 0 aliphatic rings.